The van der Waals surface area contributed by atoms with Crippen LogP contribution in [0.25, 0.3) is 11.5 Å². The van der Waals surface area contributed by atoms with Crippen LogP contribution in [0, 0.1) is 6.92 Å². The maximum atomic E-state index is 5.23. The van der Waals surface area contributed by atoms with Crippen LogP contribution >= 0.6 is 0 Å². The van der Waals surface area contributed by atoms with Crippen LogP contribution in [-0.4, -0.2) is 20.4 Å². The number of anilines is 1. The van der Waals surface area contributed by atoms with Crippen molar-refractivity contribution in [1.29, 1.82) is 0 Å². The third kappa shape index (κ3) is 2.40. The highest BCUT2D eigenvalue weighted by atomic mass is 16.4. The Bertz CT molecular complexity index is 676. The minimum atomic E-state index is 0.133. The largest absolute Gasteiger partial charge is 0.423 e. The first-order valence-corrected chi connectivity index (χ1v) is 6.37. The molecule has 1 aromatic carbocycles. The maximum Gasteiger partial charge on any atom is 0.247 e. The molecule has 0 radical (unpaired) electrons. The van der Waals surface area contributed by atoms with Gasteiger partial charge in [0.25, 0.3) is 0 Å². The van der Waals surface area contributed by atoms with E-state index in [2.05, 4.69) is 39.6 Å². The smallest absolute Gasteiger partial charge is 0.247 e. The summed E-state index contributed by atoms with van der Waals surface area (Å²) in [7, 11) is 0. The Morgan fingerprint density at radius 3 is 2.90 bits per heavy atom. The summed E-state index contributed by atoms with van der Waals surface area (Å²) in [6, 6.07) is 8.09. The van der Waals surface area contributed by atoms with E-state index in [1.165, 1.54) is 6.39 Å². The summed E-state index contributed by atoms with van der Waals surface area (Å²) in [5.74, 6) is 0.516. The predicted octanol–water partition coefficient (Wildman–Crippen LogP) is 2.94. The molecule has 1 unspecified atom stereocenters. The minimum absolute atomic E-state index is 0.133. The van der Waals surface area contributed by atoms with E-state index in [0.29, 0.717) is 5.89 Å². The summed E-state index contributed by atoms with van der Waals surface area (Å²) in [4.78, 5) is 0. The number of rotatable bonds is 4. The Hall–Kier alpha value is -2.63. The second-order valence-electron chi connectivity index (χ2n) is 4.65. The summed E-state index contributed by atoms with van der Waals surface area (Å²) >= 11 is 0. The Labute approximate surface area is 116 Å². The van der Waals surface area contributed by atoms with E-state index < -0.39 is 0 Å². The standard InChI is InChI=1S/C14H15N5O/c1-9-3-4-11(14-19-16-8-20-14)7-13(9)17-10(2)12-5-6-15-18-12/h3-8,10,17H,1-2H3,(H,15,18). The molecule has 0 fully saturated rings. The summed E-state index contributed by atoms with van der Waals surface area (Å²) in [5, 5.41) is 18.0. The van der Waals surface area contributed by atoms with E-state index in [-0.39, 0.29) is 6.04 Å². The average Bonchev–Trinajstić information content (AvgIpc) is 3.14. The van der Waals surface area contributed by atoms with Gasteiger partial charge in [-0.1, -0.05) is 6.07 Å². The van der Waals surface area contributed by atoms with Crippen LogP contribution < -0.4 is 5.32 Å². The topological polar surface area (TPSA) is 79.6 Å². The molecule has 0 aliphatic rings. The van der Waals surface area contributed by atoms with Gasteiger partial charge in [0.15, 0.2) is 0 Å². The zero-order valence-electron chi connectivity index (χ0n) is 11.3. The molecule has 0 saturated heterocycles. The van der Waals surface area contributed by atoms with Gasteiger partial charge in [-0.25, -0.2) is 0 Å². The number of benzene rings is 1. The molecule has 0 spiro atoms. The van der Waals surface area contributed by atoms with E-state index in [1.54, 1.807) is 6.20 Å². The second kappa shape index (κ2) is 5.16. The molecule has 1 atom stereocenters. The van der Waals surface area contributed by atoms with Crippen molar-refractivity contribution in [3.63, 3.8) is 0 Å². The Balaban J connectivity index is 1.87. The van der Waals surface area contributed by atoms with Crippen LogP contribution in [-0.2, 0) is 0 Å². The molecule has 0 saturated carbocycles. The van der Waals surface area contributed by atoms with Gasteiger partial charge in [0, 0.05) is 17.4 Å². The number of hydrogen-bond donors (Lipinski definition) is 2. The lowest BCUT2D eigenvalue weighted by Gasteiger charge is -2.16. The van der Waals surface area contributed by atoms with Gasteiger partial charge in [0.1, 0.15) is 0 Å². The lowest BCUT2D eigenvalue weighted by molar-refractivity contribution is 0.568. The molecule has 102 valence electrons. The van der Waals surface area contributed by atoms with Crippen LogP contribution in [0.1, 0.15) is 24.2 Å². The minimum Gasteiger partial charge on any atom is -0.423 e. The molecule has 2 heterocycles. The SMILES string of the molecule is Cc1ccc(-c2nnco2)cc1NC(C)c1ccn[nH]1. The van der Waals surface area contributed by atoms with E-state index >= 15 is 0 Å². The second-order valence-corrected chi connectivity index (χ2v) is 4.65. The molecule has 0 amide bonds. The number of H-pyrrole nitrogens is 1. The number of hydrogen-bond acceptors (Lipinski definition) is 5. The van der Waals surface area contributed by atoms with Crippen LogP contribution in [0.2, 0.25) is 0 Å². The maximum absolute atomic E-state index is 5.23. The molecular formula is C14H15N5O. The van der Waals surface area contributed by atoms with Crippen molar-refractivity contribution < 1.29 is 4.42 Å². The van der Waals surface area contributed by atoms with Crippen molar-refractivity contribution in [3.05, 3.63) is 48.1 Å². The number of aromatic amines is 1. The number of nitrogens with one attached hydrogen (secondary N) is 2. The summed E-state index contributed by atoms with van der Waals surface area (Å²) < 4.78 is 5.23. The van der Waals surface area contributed by atoms with Gasteiger partial charge in [0.05, 0.1) is 11.7 Å². The van der Waals surface area contributed by atoms with Gasteiger partial charge < -0.3 is 9.73 Å². The lowest BCUT2D eigenvalue weighted by atomic mass is 10.1. The highest BCUT2D eigenvalue weighted by molar-refractivity contribution is 5.64. The third-order valence-electron chi connectivity index (χ3n) is 3.21. The fourth-order valence-corrected chi connectivity index (χ4v) is 2.03. The fourth-order valence-electron chi connectivity index (χ4n) is 2.03. The van der Waals surface area contributed by atoms with Gasteiger partial charge in [-0.3, -0.25) is 5.10 Å². The predicted molar refractivity (Wildman–Crippen MR) is 75.1 cm³/mol. The molecule has 3 rings (SSSR count). The third-order valence-corrected chi connectivity index (χ3v) is 3.21. The average molecular weight is 269 g/mol. The highest BCUT2D eigenvalue weighted by Gasteiger charge is 2.10. The molecule has 3 aromatic rings. The normalized spacial score (nSPS) is 12.3. The van der Waals surface area contributed by atoms with Crippen molar-refractivity contribution in [2.24, 2.45) is 0 Å². The van der Waals surface area contributed by atoms with Crippen LogP contribution in [0.5, 0.6) is 0 Å². The Morgan fingerprint density at radius 1 is 1.30 bits per heavy atom. The van der Waals surface area contributed by atoms with Gasteiger partial charge in [-0.15, -0.1) is 10.2 Å². The van der Waals surface area contributed by atoms with Gasteiger partial charge in [-0.2, -0.15) is 5.10 Å². The highest BCUT2D eigenvalue weighted by Crippen LogP contribution is 2.26. The quantitative estimate of drug-likeness (QED) is 0.761. The fraction of sp³-hybridized carbons (Fsp3) is 0.214. The first kappa shape index (κ1) is 12.4. The number of aromatic nitrogens is 4. The molecule has 0 bridgehead atoms. The molecule has 20 heavy (non-hydrogen) atoms. The number of aryl methyl sites for hydroxylation is 1. The van der Waals surface area contributed by atoms with Crippen LogP contribution in [0.4, 0.5) is 5.69 Å². The molecule has 2 N–H and O–H groups in total. The Morgan fingerprint density at radius 2 is 2.20 bits per heavy atom. The van der Waals surface area contributed by atoms with Crippen molar-refractivity contribution in [2.45, 2.75) is 19.9 Å². The van der Waals surface area contributed by atoms with Crippen molar-refractivity contribution in [3.8, 4) is 11.5 Å². The summed E-state index contributed by atoms with van der Waals surface area (Å²) in [5.41, 5.74) is 4.11. The van der Waals surface area contributed by atoms with E-state index in [4.69, 9.17) is 4.42 Å². The monoisotopic (exact) mass is 269 g/mol. The van der Waals surface area contributed by atoms with E-state index in [0.717, 1.165) is 22.5 Å². The Kier molecular flexibility index (Phi) is 3.20. The summed E-state index contributed by atoms with van der Waals surface area (Å²) in [6.07, 6.45) is 3.07. The van der Waals surface area contributed by atoms with Crippen LogP contribution in [0.15, 0.2) is 41.3 Å². The lowest BCUT2D eigenvalue weighted by Crippen LogP contribution is -2.08. The van der Waals surface area contributed by atoms with Gasteiger partial charge in [0.2, 0.25) is 12.3 Å². The molecule has 2 aromatic heterocycles. The van der Waals surface area contributed by atoms with Crippen LogP contribution in [0.3, 0.4) is 0 Å². The molecule has 6 nitrogen and oxygen atoms in total. The summed E-state index contributed by atoms with van der Waals surface area (Å²) in [6.45, 7) is 4.13. The van der Waals surface area contributed by atoms with Crippen molar-refractivity contribution in [2.75, 3.05) is 5.32 Å². The molecule has 6 heteroatoms. The molecule has 0 aliphatic heterocycles. The first-order valence-electron chi connectivity index (χ1n) is 6.37. The van der Waals surface area contributed by atoms with Crippen molar-refractivity contribution in [1.82, 2.24) is 20.4 Å². The first-order chi connectivity index (χ1) is 9.74. The molecular weight excluding hydrogens is 254 g/mol. The van der Waals surface area contributed by atoms with Gasteiger partial charge >= 0.3 is 0 Å². The van der Waals surface area contributed by atoms with Crippen molar-refractivity contribution >= 4 is 5.69 Å². The van der Waals surface area contributed by atoms with E-state index in [9.17, 15) is 0 Å². The zero-order valence-corrected chi connectivity index (χ0v) is 11.3. The molecule has 0 aliphatic carbocycles. The van der Waals surface area contributed by atoms with Gasteiger partial charge in [-0.05, 0) is 37.6 Å². The number of nitrogens with zero attached hydrogens (tertiary/aromatic N) is 3. The van der Waals surface area contributed by atoms with E-state index in [1.807, 2.05) is 24.3 Å². The zero-order chi connectivity index (χ0) is 13.9.